The lowest BCUT2D eigenvalue weighted by Crippen LogP contribution is -2.41. The molecule has 1 saturated heterocycles. The number of aryl methyl sites for hydroxylation is 1. The molecule has 1 aliphatic rings. The van der Waals surface area contributed by atoms with Gasteiger partial charge in [-0.2, -0.15) is 23.5 Å². The lowest BCUT2D eigenvalue weighted by molar-refractivity contribution is 0.561. The molecule has 0 spiro atoms. The Morgan fingerprint density at radius 3 is 2.67 bits per heavy atom. The van der Waals surface area contributed by atoms with E-state index >= 15 is 0 Å². The molecule has 100 valence electrons. The predicted octanol–water partition coefficient (Wildman–Crippen LogP) is 3.57. The van der Waals surface area contributed by atoms with Crippen LogP contribution in [-0.2, 0) is 6.42 Å². The van der Waals surface area contributed by atoms with Crippen LogP contribution >= 0.6 is 23.5 Å². The number of benzene rings is 1. The van der Waals surface area contributed by atoms with Gasteiger partial charge in [-0.05, 0) is 24.8 Å². The highest BCUT2D eigenvalue weighted by atomic mass is 32.2. The van der Waals surface area contributed by atoms with Gasteiger partial charge in [0, 0.05) is 28.0 Å². The highest BCUT2D eigenvalue weighted by Gasteiger charge is 2.29. The second-order valence-electron chi connectivity index (χ2n) is 4.84. The Labute approximate surface area is 119 Å². The first-order chi connectivity index (χ1) is 8.81. The van der Waals surface area contributed by atoms with Crippen molar-refractivity contribution in [2.45, 2.75) is 42.7 Å². The van der Waals surface area contributed by atoms with Gasteiger partial charge in [-0.3, -0.25) is 0 Å². The second kappa shape index (κ2) is 7.46. The molecular formula is C15H23NS2. The number of rotatable bonds is 5. The van der Waals surface area contributed by atoms with Crippen molar-refractivity contribution in [1.82, 2.24) is 0 Å². The first kappa shape index (κ1) is 14.3. The third-order valence-corrected chi connectivity index (χ3v) is 6.95. The molecule has 2 rings (SSSR count). The fourth-order valence-corrected chi connectivity index (χ4v) is 5.71. The number of hydrogen-bond acceptors (Lipinski definition) is 3. The van der Waals surface area contributed by atoms with Gasteiger partial charge < -0.3 is 5.73 Å². The van der Waals surface area contributed by atoms with E-state index in [-0.39, 0.29) is 0 Å². The summed E-state index contributed by atoms with van der Waals surface area (Å²) in [6, 6.07) is 11.0. The van der Waals surface area contributed by atoms with E-state index in [9.17, 15) is 0 Å². The van der Waals surface area contributed by atoms with Crippen LogP contribution < -0.4 is 5.73 Å². The lowest BCUT2D eigenvalue weighted by atomic mass is 10.0. The van der Waals surface area contributed by atoms with Crippen molar-refractivity contribution in [3.8, 4) is 0 Å². The maximum Gasteiger partial charge on any atom is 0.0318 e. The van der Waals surface area contributed by atoms with Gasteiger partial charge >= 0.3 is 0 Å². The maximum atomic E-state index is 6.43. The third-order valence-electron chi connectivity index (χ3n) is 3.53. The molecule has 3 heteroatoms. The van der Waals surface area contributed by atoms with Crippen molar-refractivity contribution < 1.29 is 0 Å². The highest BCUT2D eigenvalue weighted by molar-refractivity contribution is 8.07. The lowest BCUT2D eigenvalue weighted by Gasteiger charge is -2.34. The van der Waals surface area contributed by atoms with E-state index < -0.39 is 0 Å². The molecule has 3 unspecified atom stereocenters. The van der Waals surface area contributed by atoms with E-state index in [0.29, 0.717) is 11.3 Å². The highest BCUT2D eigenvalue weighted by Crippen LogP contribution is 2.35. The SMILES string of the molecule is CCC1SCCSC1C(N)CCc1ccccc1. The average Bonchev–Trinajstić information content (AvgIpc) is 2.45. The zero-order valence-electron chi connectivity index (χ0n) is 11.0. The van der Waals surface area contributed by atoms with Gasteiger partial charge in [-0.25, -0.2) is 0 Å². The Hall–Kier alpha value is -0.120. The summed E-state index contributed by atoms with van der Waals surface area (Å²) >= 11 is 4.21. The molecule has 2 N–H and O–H groups in total. The molecule has 0 amide bonds. The molecular weight excluding hydrogens is 258 g/mol. The first-order valence-electron chi connectivity index (χ1n) is 6.84. The summed E-state index contributed by atoms with van der Waals surface area (Å²) in [7, 11) is 0. The van der Waals surface area contributed by atoms with Crippen molar-refractivity contribution in [3.05, 3.63) is 35.9 Å². The predicted molar refractivity (Wildman–Crippen MR) is 85.5 cm³/mol. The van der Waals surface area contributed by atoms with Gasteiger partial charge in [-0.1, -0.05) is 37.3 Å². The van der Waals surface area contributed by atoms with Gasteiger partial charge in [-0.15, -0.1) is 0 Å². The van der Waals surface area contributed by atoms with Gasteiger partial charge in [0.1, 0.15) is 0 Å². The van der Waals surface area contributed by atoms with Gasteiger partial charge in [0.25, 0.3) is 0 Å². The standard InChI is InChI=1S/C15H23NS2/c1-2-14-15(18-11-10-17-14)13(16)9-8-12-6-4-3-5-7-12/h3-7,13-15H,2,8-11,16H2,1H3. The Kier molecular flexibility index (Phi) is 5.93. The van der Waals surface area contributed by atoms with Gasteiger partial charge in [0.15, 0.2) is 0 Å². The van der Waals surface area contributed by atoms with Crippen LogP contribution in [0.4, 0.5) is 0 Å². The zero-order valence-corrected chi connectivity index (χ0v) is 12.7. The molecule has 0 bridgehead atoms. The van der Waals surface area contributed by atoms with E-state index in [0.717, 1.165) is 18.1 Å². The topological polar surface area (TPSA) is 26.0 Å². The van der Waals surface area contributed by atoms with Crippen molar-refractivity contribution in [3.63, 3.8) is 0 Å². The quantitative estimate of drug-likeness (QED) is 0.893. The van der Waals surface area contributed by atoms with E-state index in [1.165, 1.54) is 23.5 Å². The van der Waals surface area contributed by atoms with Crippen LogP contribution in [-0.4, -0.2) is 28.0 Å². The van der Waals surface area contributed by atoms with Crippen molar-refractivity contribution in [2.24, 2.45) is 5.73 Å². The minimum absolute atomic E-state index is 0.341. The first-order valence-corrected chi connectivity index (χ1v) is 8.93. The molecule has 1 aromatic rings. The van der Waals surface area contributed by atoms with Crippen molar-refractivity contribution in [2.75, 3.05) is 11.5 Å². The summed E-state index contributed by atoms with van der Waals surface area (Å²) < 4.78 is 0. The summed E-state index contributed by atoms with van der Waals surface area (Å²) in [5.74, 6) is 2.57. The third kappa shape index (κ3) is 3.94. The number of hydrogen-bond donors (Lipinski definition) is 1. The number of nitrogens with two attached hydrogens (primary N) is 1. The number of thioether (sulfide) groups is 2. The molecule has 0 radical (unpaired) electrons. The van der Waals surface area contributed by atoms with Crippen LogP contribution in [0.25, 0.3) is 0 Å². The average molecular weight is 281 g/mol. The summed E-state index contributed by atoms with van der Waals surface area (Å²) in [4.78, 5) is 0. The fourth-order valence-electron chi connectivity index (χ4n) is 2.48. The van der Waals surface area contributed by atoms with Gasteiger partial charge in [0.2, 0.25) is 0 Å². The van der Waals surface area contributed by atoms with Crippen LogP contribution in [0, 0.1) is 0 Å². The van der Waals surface area contributed by atoms with Gasteiger partial charge in [0.05, 0.1) is 0 Å². The summed E-state index contributed by atoms with van der Waals surface area (Å²) in [6.45, 7) is 2.29. The molecule has 1 aromatic carbocycles. The van der Waals surface area contributed by atoms with Crippen LogP contribution in [0.1, 0.15) is 25.3 Å². The molecule has 0 aliphatic carbocycles. The normalized spacial score (nSPS) is 25.9. The largest absolute Gasteiger partial charge is 0.327 e. The van der Waals surface area contributed by atoms with Crippen LogP contribution in [0.15, 0.2) is 30.3 Å². The monoisotopic (exact) mass is 281 g/mol. The Morgan fingerprint density at radius 1 is 1.22 bits per heavy atom. The fraction of sp³-hybridized carbons (Fsp3) is 0.600. The van der Waals surface area contributed by atoms with Crippen LogP contribution in [0.2, 0.25) is 0 Å². The molecule has 0 saturated carbocycles. The molecule has 1 fully saturated rings. The maximum absolute atomic E-state index is 6.43. The van der Waals surface area contributed by atoms with E-state index in [1.807, 2.05) is 0 Å². The Morgan fingerprint density at radius 2 is 1.94 bits per heavy atom. The molecule has 0 aromatic heterocycles. The Bertz CT molecular complexity index is 342. The smallest absolute Gasteiger partial charge is 0.0318 e. The van der Waals surface area contributed by atoms with Crippen molar-refractivity contribution in [1.29, 1.82) is 0 Å². The molecule has 3 atom stereocenters. The van der Waals surface area contributed by atoms with E-state index in [2.05, 4.69) is 60.8 Å². The summed E-state index contributed by atoms with van der Waals surface area (Å²) in [6.07, 6.45) is 3.47. The minimum Gasteiger partial charge on any atom is -0.327 e. The summed E-state index contributed by atoms with van der Waals surface area (Å²) in [5.41, 5.74) is 7.84. The second-order valence-corrected chi connectivity index (χ2v) is 7.47. The molecule has 1 heterocycles. The van der Waals surface area contributed by atoms with E-state index in [1.54, 1.807) is 0 Å². The molecule has 18 heavy (non-hydrogen) atoms. The molecule has 1 aliphatic heterocycles. The molecule has 1 nitrogen and oxygen atoms in total. The summed E-state index contributed by atoms with van der Waals surface area (Å²) in [5, 5.41) is 1.41. The van der Waals surface area contributed by atoms with Crippen molar-refractivity contribution >= 4 is 23.5 Å². The van der Waals surface area contributed by atoms with E-state index in [4.69, 9.17) is 5.73 Å². The minimum atomic E-state index is 0.341. The van der Waals surface area contributed by atoms with Crippen LogP contribution in [0.3, 0.4) is 0 Å². The zero-order chi connectivity index (χ0) is 12.8. The van der Waals surface area contributed by atoms with Crippen LogP contribution in [0.5, 0.6) is 0 Å². The Balaban J connectivity index is 1.85.